The molecule has 0 radical (unpaired) electrons. The second-order valence-electron chi connectivity index (χ2n) is 5.52. The number of hydrogen-bond acceptors (Lipinski definition) is 2. The molecule has 0 fully saturated rings. The molecule has 1 aromatic heterocycles. The highest BCUT2D eigenvalue weighted by atomic mass is 32.1. The molecule has 0 aliphatic rings. The first-order chi connectivity index (χ1) is 10.7. The van der Waals surface area contributed by atoms with Gasteiger partial charge in [-0.15, -0.1) is 0 Å². The number of para-hydroxylation sites is 1. The van der Waals surface area contributed by atoms with E-state index in [9.17, 15) is 4.79 Å². The molecule has 1 unspecified atom stereocenters. The molecule has 1 N–H and O–H groups in total. The summed E-state index contributed by atoms with van der Waals surface area (Å²) < 4.78 is 2.19. The molecule has 0 spiro atoms. The third-order valence-corrected chi connectivity index (χ3v) is 4.27. The first-order valence-electron chi connectivity index (χ1n) is 7.44. The molecule has 0 saturated heterocycles. The Kier molecular flexibility index (Phi) is 4.20. The van der Waals surface area contributed by atoms with Gasteiger partial charge in [-0.3, -0.25) is 9.36 Å². The minimum atomic E-state index is -0.0140. The molecule has 22 heavy (non-hydrogen) atoms. The first-order valence-corrected chi connectivity index (χ1v) is 7.85. The van der Waals surface area contributed by atoms with E-state index in [1.165, 1.54) is 5.56 Å². The number of hydrogen-bond donors (Lipinski definition) is 1. The Morgan fingerprint density at radius 3 is 2.55 bits per heavy atom. The Labute approximate surface area is 134 Å². The molecule has 4 heteroatoms. The number of nitrogens with zero attached hydrogens (tertiary/aromatic N) is 1. The lowest BCUT2D eigenvalue weighted by molar-refractivity contribution is 0.483. The van der Waals surface area contributed by atoms with Gasteiger partial charge in [-0.2, -0.15) is 0 Å². The van der Waals surface area contributed by atoms with E-state index in [1.54, 1.807) is 4.57 Å². The summed E-state index contributed by atoms with van der Waals surface area (Å²) in [6, 6.07) is 17.8. The van der Waals surface area contributed by atoms with E-state index in [-0.39, 0.29) is 11.6 Å². The third-order valence-electron chi connectivity index (χ3n) is 3.97. The van der Waals surface area contributed by atoms with Crippen molar-refractivity contribution >= 4 is 23.1 Å². The van der Waals surface area contributed by atoms with E-state index >= 15 is 0 Å². The number of aromatic amines is 1. The van der Waals surface area contributed by atoms with Crippen molar-refractivity contribution in [2.75, 3.05) is 0 Å². The van der Waals surface area contributed by atoms with Crippen LogP contribution in [0.2, 0.25) is 0 Å². The maximum absolute atomic E-state index is 12.7. The van der Waals surface area contributed by atoms with E-state index in [0.29, 0.717) is 10.2 Å². The standard InChI is InChI=1S/C18H18N2OS/c1-13(11-12-14-7-3-2-4-8-14)20-17(21)15-9-5-6-10-16(15)19-18(20)22/h2-10,13H,11-12H2,1H3,(H,19,22). The first kappa shape index (κ1) is 14.7. The highest BCUT2D eigenvalue weighted by Gasteiger charge is 2.11. The van der Waals surface area contributed by atoms with Crippen LogP contribution in [-0.2, 0) is 6.42 Å². The van der Waals surface area contributed by atoms with Crippen molar-refractivity contribution in [2.24, 2.45) is 0 Å². The van der Waals surface area contributed by atoms with Crippen molar-refractivity contribution < 1.29 is 0 Å². The van der Waals surface area contributed by atoms with Gasteiger partial charge in [0.25, 0.3) is 5.56 Å². The SMILES string of the molecule is CC(CCc1ccccc1)n1c(=S)[nH]c2ccccc2c1=O. The van der Waals surface area contributed by atoms with Crippen LogP contribution < -0.4 is 5.56 Å². The molecule has 2 aromatic carbocycles. The van der Waals surface area contributed by atoms with E-state index in [2.05, 4.69) is 17.1 Å². The van der Waals surface area contributed by atoms with Gasteiger partial charge in [0.15, 0.2) is 4.77 Å². The largest absolute Gasteiger partial charge is 0.332 e. The molecule has 1 heterocycles. The predicted molar refractivity (Wildman–Crippen MR) is 92.9 cm³/mol. The van der Waals surface area contributed by atoms with Gasteiger partial charge < -0.3 is 4.98 Å². The molecule has 0 amide bonds. The van der Waals surface area contributed by atoms with Crippen molar-refractivity contribution in [3.05, 3.63) is 75.3 Å². The number of aryl methyl sites for hydroxylation is 1. The van der Waals surface area contributed by atoms with Gasteiger partial charge in [-0.05, 0) is 49.7 Å². The molecule has 3 aromatic rings. The fourth-order valence-corrected chi connectivity index (χ4v) is 3.10. The highest BCUT2D eigenvalue weighted by molar-refractivity contribution is 7.71. The Morgan fingerprint density at radius 1 is 1.09 bits per heavy atom. The zero-order valence-corrected chi connectivity index (χ0v) is 13.3. The Balaban J connectivity index is 1.92. The zero-order valence-electron chi connectivity index (χ0n) is 12.5. The van der Waals surface area contributed by atoms with Gasteiger partial charge in [0.2, 0.25) is 0 Å². The topological polar surface area (TPSA) is 37.8 Å². The van der Waals surface area contributed by atoms with Gasteiger partial charge in [0, 0.05) is 6.04 Å². The molecule has 0 aliphatic carbocycles. The highest BCUT2D eigenvalue weighted by Crippen LogP contribution is 2.15. The van der Waals surface area contributed by atoms with Crippen LogP contribution in [0.5, 0.6) is 0 Å². The summed E-state index contributed by atoms with van der Waals surface area (Å²) in [5.41, 5.74) is 2.06. The fraction of sp³-hybridized carbons (Fsp3) is 0.222. The third kappa shape index (κ3) is 2.88. The lowest BCUT2D eigenvalue weighted by Gasteiger charge is -2.16. The van der Waals surface area contributed by atoms with Gasteiger partial charge in [-0.1, -0.05) is 42.5 Å². The van der Waals surface area contributed by atoms with Crippen LogP contribution >= 0.6 is 12.2 Å². The van der Waals surface area contributed by atoms with E-state index in [4.69, 9.17) is 12.2 Å². The fourth-order valence-electron chi connectivity index (χ4n) is 2.73. The normalized spacial score (nSPS) is 12.4. The maximum atomic E-state index is 12.7. The van der Waals surface area contributed by atoms with E-state index in [1.807, 2.05) is 49.4 Å². The molecule has 3 rings (SSSR count). The van der Waals surface area contributed by atoms with Crippen LogP contribution in [0.25, 0.3) is 10.9 Å². The summed E-state index contributed by atoms with van der Waals surface area (Å²) in [6.45, 7) is 2.04. The minimum absolute atomic E-state index is 0.0140. The van der Waals surface area contributed by atoms with Gasteiger partial charge in [-0.25, -0.2) is 0 Å². The van der Waals surface area contributed by atoms with Crippen LogP contribution in [0.4, 0.5) is 0 Å². The van der Waals surface area contributed by atoms with Crippen LogP contribution in [0.3, 0.4) is 0 Å². The number of benzene rings is 2. The average Bonchev–Trinajstić information content (AvgIpc) is 2.54. The number of fused-ring (bicyclic) bond motifs is 1. The zero-order chi connectivity index (χ0) is 15.5. The molecule has 112 valence electrons. The number of rotatable bonds is 4. The second-order valence-corrected chi connectivity index (χ2v) is 5.91. The molecule has 0 saturated carbocycles. The molecule has 3 nitrogen and oxygen atoms in total. The average molecular weight is 310 g/mol. The molecule has 1 atom stereocenters. The maximum Gasteiger partial charge on any atom is 0.262 e. The molecular formula is C18H18N2OS. The smallest absolute Gasteiger partial charge is 0.262 e. The van der Waals surface area contributed by atoms with Crippen LogP contribution in [0.15, 0.2) is 59.4 Å². The summed E-state index contributed by atoms with van der Waals surface area (Å²) in [7, 11) is 0. The van der Waals surface area contributed by atoms with E-state index < -0.39 is 0 Å². The molecule has 0 aliphatic heterocycles. The van der Waals surface area contributed by atoms with Gasteiger partial charge in [0.05, 0.1) is 10.9 Å². The molecular weight excluding hydrogens is 292 g/mol. The number of nitrogens with one attached hydrogen (secondary N) is 1. The van der Waals surface area contributed by atoms with Crippen LogP contribution in [0.1, 0.15) is 24.9 Å². The van der Waals surface area contributed by atoms with E-state index in [0.717, 1.165) is 18.4 Å². The van der Waals surface area contributed by atoms with Crippen LogP contribution in [-0.4, -0.2) is 9.55 Å². The Morgan fingerprint density at radius 2 is 1.77 bits per heavy atom. The summed E-state index contributed by atoms with van der Waals surface area (Å²) >= 11 is 5.38. The Bertz CT molecular complexity index is 896. The number of H-pyrrole nitrogens is 1. The van der Waals surface area contributed by atoms with Crippen molar-refractivity contribution in [3.8, 4) is 0 Å². The van der Waals surface area contributed by atoms with Crippen molar-refractivity contribution in [1.82, 2.24) is 9.55 Å². The Hall–Kier alpha value is -2.20. The minimum Gasteiger partial charge on any atom is -0.332 e. The summed E-state index contributed by atoms with van der Waals surface area (Å²) in [6.07, 6.45) is 1.80. The molecule has 0 bridgehead atoms. The lowest BCUT2D eigenvalue weighted by atomic mass is 10.1. The van der Waals surface area contributed by atoms with Gasteiger partial charge in [0.1, 0.15) is 0 Å². The predicted octanol–water partition coefficient (Wildman–Crippen LogP) is 4.25. The number of aromatic nitrogens is 2. The van der Waals surface area contributed by atoms with Crippen LogP contribution in [0, 0.1) is 4.77 Å². The summed E-state index contributed by atoms with van der Waals surface area (Å²) in [5.74, 6) is 0. The second kappa shape index (κ2) is 6.28. The summed E-state index contributed by atoms with van der Waals surface area (Å²) in [4.78, 5) is 15.8. The van der Waals surface area contributed by atoms with Gasteiger partial charge >= 0.3 is 0 Å². The van der Waals surface area contributed by atoms with Crippen molar-refractivity contribution in [1.29, 1.82) is 0 Å². The van der Waals surface area contributed by atoms with Crippen molar-refractivity contribution in [2.45, 2.75) is 25.8 Å². The quantitative estimate of drug-likeness (QED) is 0.731. The summed E-state index contributed by atoms with van der Waals surface area (Å²) in [5, 5.41) is 0.683. The van der Waals surface area contributed by atoms with Crippen molar-refractivity contribution in [3.63, 3.8) is 0 Å². The monoisotopic (exact) mass is 310 g/mol. The lowest BCUT2D eigenvalue weighted by Crippen LogP contribution is -2.25.